The maximum absolute atomic E-state index is 12.3. The Kier molecular flexibility index (Phi) is 5.54. The third kappa shape index (κ3) is 3.97. The van der Waals surface area contributed by atoms with E-state index in [4.69, 9.17) is 4.98 Å². The number of hydrogen-bond donors (Lipinski definition) is 1. The van der Waals surface area contributed by atoms with Crippen molar-refractivity contribution in [3.8, 4) is 0 Å². The van der Waals surface area contributed by atoms with Crippen LogP contribution in [-0.4, -0.2) is 22.0 Å². The van der Waals surface area contributed by atoms with Gasteiger partial charge in [-0.25, -0.2) is 4.98 Å². The highest BCUT2D eigenvalue weighted by Gasteiger charge is 2.20. The largest absolute Gasteiger partial charge is 0.355 e. The molecular weight excluding hydrogens is 298 g/mol. The van der Waals surface area contributed by atoms with E-state index in [9.17, 15) is 4.79 Å². The normalized spacial score (nSPS) is 16.0. The first-order valence-electron chi connectivity index (χ1n) is 9.37. The molecule has 1 aromatic carbocycles. The van der Waals surface area contributed by atoms with Crippen LogP contribution in [0.25, 0.3) is 11.0 Å². The summed E-state index contributed by atoms with van der Waals surface area (Å²) in [5, 5.41) is 3.13. The van der Waals surface area contributed by atoms with Crippen molar-refractivity contribution in [1.82, 2.24) is 14.9 Å². The van der Waals surface area contributed by atoms with Gasteiger partial charge in [-0.3, -0.25) is 4.79 Å². The number of amides is 1. The lowest BCUT2D eigenvalue weighted by molar-refractivity contribution is -0.125. The topological polar surface area (TPSA) is 46.9 Å². The van der Waals surface area contributed by atoms with Gasteiger partial charge in [0, 0.05) is 25.4 Å². The summed E-state index contributed by atoms with van der Waals surface area (Å²) in [4.78, 5) is 17.1. The molecule has 4 nitrogen and oxygen atoms in total. The molecular formula is C20H29N3O. The molecule has 1 saturated carbocycles. The monoisotopic (exact) mass is 327 g/mol. The predicted octanol–water partition coefficient (Wildman–Crippen LogP) is 3.93. The van der Waals surface area contributed by atoms with Gasteiger partial charge in [0.25, 0.3) is 0 Å². The minimum Gasteiger partial charge on any atom is -0.355 e. The maximum atomic E-state index is 12.3. The third-order valence-corrected chi connectivity index (χ3v) is 4.91. The Hall–Kier alpha value is -1.84. The SMILES string of the molecule is CC(C)Cn1c(CCNC(=O)C2CCCCC2)nc2ccccc21. The van der Waals surface area contributed by atoms with Crippen LogP contribution in [0.2, 0.25) is 0 Å². The van der Waals surface area contributed by atoms with Crippen molar-refractivity contribution in [1.29, 1.82) is 0 Å². The van der Waals surface area contributed by atoms with Crippen molar-refractivity contribution < 1.29 is 4.79 Å². The molecule has 1 aliphatic carbocycles. The van der Waals surface area contributed by atoms with E-state index in [1.165, 1.54) is 24.8 Å². The lowest BCUT2D eigenvalue weighted by atomic mass is 9.89. The predicted molar refractivity (Wildman–Crippen MR) is 97.9 cm³/mol. The van der Waals surface area contributed by atoms with Crippen molar-refractivity contribution in [2.24, 2.45) is 11.8 Å². The molecule has 0 radical (unpaired) electrons. The summed E-state index contributed by atoms with van der Waals surface area (Å²) < 4.78 is 2.31. The molecule has 0 aliphatic heterocycles. The number of hydrogen-bond acceptors (Lipinski definition) is 2. The first-order chi connectivity index (χ1) is 11.6. The standard InChI is InChI=1S/C20H29N3O/c1-15(2)14-23-18-11-7-6-10-17(18)22-19(23)12-13-21-20(24)16-8-4-3-5-9-16/h6-7,10-11,15-16H,3-5,8-9,12-14H2,1-2H3,(H,21,24). The number of fused-ring (bicyclic) bond motifs is 1. The number of para-hydroxylation sites is 2. The second-order valence-electron chi connectivity index (χ2n) is 7.40. The summed E-state index contributed by atoms with van der Waals surface area (Å²) in [6.07, 6.45) is 6.57. The maximum Gasteiger partial charge on any atom is 0.223 e. The molecule has 130 valence electrons. The minimum absolute atomic E-state index is 0.230. The van der Waals surface area contributed by atoms with Gasteiger partial charge < -0.3 is 9.88 Å². The fraction of sp³-hybridized carbons (Fsp3) is 0.600. The number of carbonyl (C=O) groups excluding carboxylic acids is 1. The molecule has 24 heavy (non-hydrogen) atoms. The minimum atomic E-state index is 0.230. The van der Waals surface area contributed by atoms with Crippen LogP contribution in [-0.2, 0) is 17.8 Å². The highest BCUT2D eigenvalue weighted by atomic mass is 16.1. The number of imidazole rings is 1. The lowest BCUT2D eigenvalue weighted by Crippen LogP contribution is -2.33. The van der Waals surface area contributed by atoms with Crippen molar-refractivity contribution in [2.45, 2.75) is 58.9 Å². The van der Waals surface area contributed by atoms with Crippen molar-refractivity contribution in [2.75, 3.05) is 6.54 Å². The van der Waals surface area contributed by atoms with Crippen LogP contribution >= 0.6 is 0 Å². The Balaban J connectivity index is 1.64. The summed E-state index contributed by atoms with van der Waals surface area (Å²) in [5.74, 6) is 2.11. The van der Waals surface area contributed by atoms with Gasteiger partial charge in [-0.15, -0.1) is 0 Å². The number of benzene rings is 1. The average Bonchev–Trinajstić information content (AvgIpc) is 2.93. The van der Waals surface area contributed by atoms with Gasteiger partial charge in [-0.05, 0) is 30.9 Å². The molecule has 1 N–H and O–H groups in total. The number of aromatic nitrogens is 2. The van der Waals surface area contributed by atoms with E-state index in [0.29, 0.717) is 12.5 Å². The summed E-state index contributed by atoms with van der Waals surface area (Å²) in [6, 6.07) is 8.30. The van der Waals surface area contributed by atoms with Gasteiger partial charge in [0.05, 0.1) is 11.0 Å². The highest BCUT2D eigenvalue weighted by Crippen LogP contribution is 2.23. The summed E-state index contributed by atoms with van der Waals surface area (Å²) in [5.41, 5.74) is 2.24. The van der Waals surface area contributed by atoms with E-state index in [2.05, 4.69) is 41.9 Å². The Morgan fingerprint density at radius 3 is 2.75 bits per heavy atom. The molecule has 1 heterocycles. The second-order valence-corrected chi connectivity index (χ2v) is 7.40. The molecule has 1 amide bonds. The number of nitrogens with one attached hydrogen (secondary N) is 1. The summed E-state index contributed by atoms with van der Waals surface area (Å²) in [7, 11) is 0. The van der Waals surface area contributed by atoms with Crippen LogP contribution in [0.3, 0.4) is 0 Å². The van der Waals surface area contributed by atoms with E-state index < -0.39 is 0 Å². The zero-order valence-corrected chi connectivity index (χ0v) is 14.9. The average molecular weight is 327 g/mol. The second kappa shape index (κ2) is 7.82. The fourth-order valence-electron chi connectivity index (χ4n) is 3.69. The van der Waals surface area contributed by atoms with Crippen LogP contribution in [0.5, 0.6) is 0 Å². The zero-order valence-electron chi connectivity index (χ0n) is 14.9. The molecule has 2 aromatic rings. The van der Waals surface area contributed by atoms with Crippen molar-refractivity contribution in [3.05, 3.63) is 30.1 Å². The Morgan fingerprint density at radius 2 is 2.00 bits per heavy atom. The Labute approximate surface area is 144 Å². The van der Waals surface area contributed by atoms with Gasteiger partial charge in [0.1, 0.15) is 5.82 Å². The Bertz CT molecular complexity index is 683. The molecule has 0 spiro atoms. The van der Waals surface area contributed by atoms with Crippen molar-refractivity contribution >= 4 is 16.9 Å². The van der Waals surface area contributed by atoms with E-state index >= 15 is 0 Å². The van der Waals surface area contributed by atoms with Crippen LogP contribution < -0.4 is 5.32 Å². The van der Waals surface area contributed by atoms with E-state index in [1.54, 1.807) is 0 Å². The van der Waals surface area contributed by atoms with Gasteiger partial charge >= 0.3 is 0 Å². The summed E-state index contributed by atoms with van der Waals surface area (Å²) in [6.45, 7) is 6.09. The smallest absolute Gasteiger partial charge is 0.223 e. The van der Waals surface area contributed by atoms with Crippen LogP contribution in [0, 0.1) is 11.8 Å². The van der Waals surface area contributed by atoms with Gasteiger partial charge in [0.15, 0.2) is 0 Å². The van der Waals surface area contributed by atoms with Gasteiger partial charge in [-0.1, -0.05) is 45.2 Å². The summed E-state index contributed by atoms with van der Waals surface area (Å²) >= 11 is 0. The third-order valence-electron chi connectivity index (χ3n) is 4.91. The lowest BCUT2D eigenvalue weighted by Gasteiger charge is -2.20. The molecule has 0 saturated heterocycles. The molecule has 3 rings (SSSR count). The highest BCUT2D eigenvalue weighted by molar-refractivity contribution is 5.78. The molecule has 0 atom stereocenters. The molecule has 1 fully saturated rings. The first kappa shape index (κ1) is 17.0. The van der Waals surface area contributed by atoms with Crippen LogP contribution in [0.4, 0.5) is 0 Å². The number of rotatable bonds is 6. The van der Waals surface area contributed by atoms with E-state index in [0.717, 1.165) is 37.1 Å². The molecule has 0 bridgehead atoms. The van der Waals surface area contributed by atoms with Crippen molar-refractivity contribution in [3.63, 3.8) is 0 Å². The first-order valence-corrected chi connectivity index (χ1v) is 9.37. The van der Waals surface area contributed by atoms with Gasteiger partial charge in [0.2, 0.25) is 5.91 Å². The quantitative estimate of drug-likeness (QED) is 0.874. The van der Waals surface area contributed by atoms with E-state index in [1.807, 2.05) is 6.07 Å². The molecule has 4 heteroatoms. The molecule has 0 unspecified atom stereocenters. The fourth-order valence-corrected chi connectivity index (χ4v) is 3.69. The Morgan fingerprint density at radius 1 is 1.25 bits per heavy atom. The molecule has 1 aliphatic rings. The van der Waals surface area contributed by atoms with Crippen LogP contribution in [0.1, 0.15) is 51.8 Å². The number of nitrogens with zero attached hydrogens (tertiary/aromatic N) is 2. The number of carbonyl (C=O) groups is 1. The van der Waals surface area contributed by atoms with E-state index in [-0.39, 0.29) is 11.8 Å². The molecule has 1 aromatic heterocycles. The van der Waals surface area contributed by atoms with Crippen LogP contribution in [0.15, 0.2) is 24.3 Å². The zero-order chi connectivity index (χ0) is 16.9. The van der Waals surface area contributed by atoms with Gasteiger partial charge in [-0.2, -0.15) is 0 Å².